The summed E-state index contributed by atoms with van der Waals surface area (Å²) in [6, 6.07) is 9.27. The van der Waals surface area contributed by atoms with Gasteiger partial charge in [-0.1, -0.05) is 12.1 Å². The van der Waals surface area contributed by atoms with Crippen LogP contribution in [-0.4, -0.2) is 13.1 Å². The Morgan fingerprint density at radius 3 is 2.60 bits per heavy atom. The number of methoxy groups -OCH3 is 1. The summed E-state index contributed by atoms with van der Waals surface area (Å²) in [7, 11) is 1.32. The lowest BCUT2D eigenvalue weighted by molar-refractivity contribution is 0.0560. The van der Waals surface area contributed by atoms with Crippen molar-refractivity contribution in [1.82, 2.24) is 0 Å². The number of furan rings is 1. The summed E-state index contributed by atoms with van der Waals surface area (Å²) in [5, 5.41) is 0. The number of carbonyl (C=O) groups is 1. The highest BCUT2D eigenvalue weighted by molar-refractivity contribution is 5.87. The van der Waals surface area contributed by atoms with Crippen LogP contribution in [0.15, 0.2) is 34.7 Å². The molecule has 106 valence electrons. The maximum Gasteiger partial charge on any atom is 0.374 e. The van der Waals surface area contributed by atoms with Crippen LogP contribution in [0.1, 0.15) is 27.4 Å². The van der Waals surface area contributed by atoms with Crippen molar-refractivity contribution in [1.29, 1.82) is 0 Å². The van der Waals surface area contributed by atoms with Crippen LogP contribution in [0, 0.1) is 6.92 Å². The molecule has 0 amide bonds. The van der Waals surface area contributed by atoms with E-state index >= 15 is 0 Å². The molecule has 0 radical (unpaired) electrons. The highest BCUT2D eigenvalue weighted by atomic mass is 16.5. The minimum atomic E-state index is -0.485. The quantitative estimate of drug-likeness (QED) is 0.848. The molecule has 5 heteroatoms. The van der Waals surface area contributed by atoms with E-state index < -0.39 is 5.97 Å². The van der Waals surface area contributed by atoms with E-state index in [1.54, 1.807) is 13.0 Å². The van der Waals surface area contributed by atoms with Crippen molar-refractivity contribution in [3.05, 3.63) is 53.0 Å². The van der Waals surface area contributed by atoms with Gasteiger partial charge in [-0.05, 0) is 30.7 Å². The smallest absolute Gasteiger partial charge is 0.374 e. The first kappa shape index (κ1) is 14.1. The zero-order valence-electron chi connectivity index (χ0n) is 11.5. The fourth-order valence-corrected chi connectivity index (χ4v) is 1.79. The number of rotatable bonds is 5. The van der Waals surface area contributed by atoms with Gasteiger partial charge < -0.3 is 19.6 Å². The first-order valence-corrected chi connectivity index (χ1v) is 6.23. The monoisotopic (exact) mass is 275 g/mol. The van der Waals surface area contributed by atoms with Gasteiger partial charge in [0.1, 0.15) is 18.1 Å². The van der Waals surface area contributed by atoms with Gasteiger partial charge in [0, 0.05) is 12.1 Å². The Morgan fingerprint density at radius 2 is 2.00 bits per heavy atom. The summed E-state index contributed by atoms with van der Waals surface area (Å²) < 4.78 is 15.6. The Bertz CT molecular complexity index is 586. The maximum absolute atomic E-state index is 11.4. The Balaban J connectivity index is 2.01. The molecule has 2 rings (SSSR count). The van der Waals surface area contributed by atoms with Crippen LogP contribution < -0.4 is 10.5 Å². The van der Waals surface area contributed by atoms with E-state index in [4.69, 9.17) is 14.9 Å². The minimum Gasteiger partial charge on any atom is -0.486 e. The third-order valence-electron chi connectivity index (χ3n) is 2.88. The summed E-state index contributed by atoms with van der Waals surface area (Å²) in [4.78, 5) is 11.4. The molecule has 2 aromatic rings. The van der Waals surface area contributed by atoms with E-state index in [1.165, 1.54) is 7.11 Å². The summed E-state index contributed by atoms with van der Waals surface area (Å²) in [6.45, 7) is 2.54. The standard InChI is InChI=1S/C15H17NO4/c1-10-7-13(20-14(10)15(17)18-2)9-19-12-5-3-11(8-16)4-6-12/h3-7H,8-9,16H2,1-2H3. The van der Waals surface area contributed by atoms with Crippen molar-refractivity contribution in [3.63, 3.8) is 0 Å². The second-order valence-electron chi connectivity index (χ2n) is 4.35. The molecule has 0 unspecified atom stereocenters. The second kappa shape index (κ2) is 6.25. The molecule has 0 spiro atoms. The maximum atomic E-state index is 11.4. The van der Waals surface area contributed by atoms with Gasteiger partial charge in [-0.15, -0.1) is 0 Å². The van der Waals surface area contributed by atoms with E-state index in [1.807, 2.05) is 24.3 Å². The number of esters is 1. The fraction of sp³-hybridized carbons (Fsp3) is 0.267. The molecule has 1 heterocycles. The Labute approximate surface area is 117 Å². The van der Waals surface area contributed by atoms with Gasteiger partial charge in [-0.2, -0.15) is 0 Å². The molecule has 0 saturated heterocycles. The third-order valence-corrected chi connectivity index (χ3v) is 2.88. The van der Waals surface area contributed by atoms with Crippen molar-refractivity contribution in [2.75, 3.05) is 7.11 Å². The van der Waals surface area contributed by atoms with Gasteiger partial charge in [0.05, 0.1) is 7.11 Å². The number of benzene rings is 1. The van der Waals surface area contributed by atoms with Gasteiger partial charge in [-0.3, -0.25) is 0 Å². The minimum absolute atomic E-state index is 0.213. The number of carbonyl (C=O) groups excluding carboxylic acids is 1. The number of ether oxygens (including phenoxy) is 2. The summed E-state index contributed by atoms with van der Waals surface area (Å²) in [5.74, 6) is 1.02. The predicted molar refractivity (Wildman–Crippen MR) is 73.4 cm³/mol. The van der Waals surface area contributed by atoms with Crippen molar-refractivity contribution in [2.45, 2.75) is 20.1 Å². The van der Waals surface area contributed by atoms with E-state index in [0.29, 0.717) is 12.3 Å². The van der Waals surface area contributed by atoms with Crippen LogP contribution >= 0.6 is 0 Å². The van der Waals surface area contributed by atoms with Crippen molar-refractivity contribution >= 4 is 5.97 Å². The summed E-state index contributed by atoms with van der Waals surface area (Å²) in [6.07, 6.45) is 0. The predicted octanol–water partition coefficient (Wildman–Crippen LogP) is 2.41. The SMILES string of the molecule is COC(=O)c1oc(COc2ccc(CN)cc2)cc1C. The average molecular weight is 275 g/mol. The molecular weight excluding hydrogens is 258 g/mol. The molecule has 0 aliphatic heterocycles. The van der Waals surface area contributed by atoms with E-state index in [-0.39, 0.29) is 12.4 Å². The number of nitrogens with two attached hydrogens (primary N) is 1. The molecule has 1 aromatic heterocycles. The lowest BCUT2D eigenvalue weighted by Crippen LogP contribution is -2.00. The Hall–Kier alpha value is -2.27. The van der Waals surface area contributed by atoms with Gasteiger partial charge >= 0.3 is 5.97 Å². The average Bonchev–Trinajstić information content (AvgIpc) is 2.86. The van der Waals surface area contributed by atoms with E-state index in [2.05, 4.69) is 4.74 Å². The van der Waals surface area contributed by atoms with Gasteiger partial charge in [0.15, 0.2) is 0 Å². The van der Waals surface area contributed by atoms with Crippen molar-refractivity contribution in [2.24, 2.45) is 5.73 Å². The number of hydrogen-bond acceptors (Lipinski definition) is 5. The summed E-state index contributed by atoms with van der Waals surface area (Å²) in [5.41, 5.74) is 7.30. The fourth-order valence-electron chi connectivity index (χ4n) is 1.79. The first-order valence-electron chi connectivity index (χ1n) is 6.23. The zero-order valence-corrected chi connectivity index (χ0v) is 11.5. The number of aryl methyl sites for hydroxylation is 1. The summed E-state index contributed by atoms with van der Waals surface area (Å²) >= 11 is 0. The second-order valence-corrected chi connectivity index (χ2v) is 4.35. The molecule has 0 fully saturated rings. The first-order chi connectivity index (χ1) is 9.63. The highest BCUT2D eigenvalue weighted by Crippen LogP contribution is 2.18. The molecule has 0 saturated carbocycles. The normalized spacial score (nSPS) is 10.3. The molecule has 0 aliphatic carbocycles. The Kier molecular flexibility index (Phi) is 4.42. The zero-order chi connectivity index (χ0) is 14.5. The van der Waals surface area contributed by atoms with Crippen LogP contribution in [0.3, 0.4) is 0 Å². The molecule has 0 bridgehead atoms. The molecule has 2 N–H and O–H groups in total. The van der Waals surface area contributed by atoms with Gasteiger partial charge in [0.25, 0.3) is 0 Å². The lowest BCUT2D eigenvalue weighted by Gasteiger charge is -2.04. The largest absolute Gasteiger partial charge is 0.486 e. The van der Waals surface area contributed by atoms with Crippen LogP contribution in [0.25, 0.3) is 0 Å². The van der Waals surface area contributed by atoms with Crippen molar-refractivity contribution in [3.8, 4) is 5.75 Å². The Morgan fingerprint density at radius 1 is 1.30 bits per heavy atom. The molecule has 1 aromatic carbocycles. The van der Waals surface area contributed by atoms with Crippen molar-refractivity contribution < 1.29 is 18.7 Å². The topological polar surface area (TPSA) is 74.7 Å². The molecule has 5 nitrogen and oxygen atoms in total. The lowest BCUT2D eigenvalue weighted by atomic mass is 10.2. The number of hydrogen-bond donors (Lipinski definition) is 1. The van der Waals surface area contributed by atoms with Crippen LogP contribution in [0.5, 0.6) is 5.75 Å². The van der Waals surface area contributed by atoms with E-state index in [9.17, 15) is 4.79 Å². The highest BCUT2D eigenvalue weighted by Gasteiger charge is 2.16. The molecule has 20 heavy (non-hydrogen) atoms. The molecule has 0 atom stereocenters. The van der Waals surface area contributed by atoms with E-state index in [0.717, 1.165) is 16.9 Å². The molecular formula is C15H17NO4. The van der Waals surface area contributed by atoms with Crippen LogP contribution in [-0.2, 0) is 17.9 Å². The molecule has 0 aliphatic rings. The van der Waals surface area contributed by atoms with Gasteiger partial charge in [-0.25, -0.2) is 4.79 Å². The van der Waals surface area contributed by atoms with Crippen LogP contribution in [0.2, 0.25) is 0 Å². The third kappa shape index (κ3) is 3.19. The van der Waals surface area contributed by atoms with Crippen LogP contribution in [0.4, 0.5) is 0 Å². The van der Waals surface area contributed by atoms with Gasteiger partial charge in [0.2, 0.25) is 5.76 Å².